The first-order chi connectivity index (χ1) is 4.74. The van der Waals surface area contributed by atoms with E-state index < -0.39 is 0 Å². The summed E-state index contributed by atoms with van der Waals surface area (Å²) in [7, 11) is 0. The van der Waals surface area contributed by atoms with Crippen molar-refractivity contribution < 1.29 is 0 Å². The van der Waals surface area contributed by atoms with Gasteiger partial charge in [-0.05, 0) is 13.8 Å². The Morgan fingerprint density at radius 1 is 1.70 bits per heavy atom. The number of halogens is 1. The second kappa shape index (κ2) is 3.19. The van der Waals surface area contributed by atoms with Gasteiger partial charge in [-0.15, -0.1) is 0 Å². The number of nitrogens with zero attached hydrogens (tertiary/aromatic N) is 2. The van der Waals surface area contributed by atoms with E-state index in [2.05, 4.69) is 45.5 Å². The van der Waals surface area contributed by atoms with Gasteiger partial charge in [0.15, 0.2) is 0 Å². The standard InChI is InChI=1S/C7H11BrN2/c1-6(2)10-4-7(3-8)9-5-10/h4-6H,3H2,1-2H3. The molecule has 1 heterocycles. The van der Waals surface area contributed by atoms with Gasteiger partial charge in [0.1, 0.15) is 0 Å². The van der Waals surface area contributed by atoms with Gasteiger partial charge >= 0.3 is 0 Å². The predicted octanol–water partition coefficient (Wildman–Crippen LogP) is 2.36. The maximum Gasteiger partial charge on any atom is 0.0952 e. The number of alkyl halides is 1. The van der Waals surface area contributed by atoms with E-state index in [9.17, 15) is 0 Å². The molecule has 0 saturated heterocycles. The Hall–Kier alpha value is -0.310. The van der Waals surface area contributed by atoms with Gasteiger partial charge in [-0.2, -0.15) is 0 Å². The van der Waals surface area contributed by atoms with Gasteiger partial charge in [0.2, 0.25) is 0 Å². The molecule has 56 valence electrons. The molecular formula is C7H11BrN2. The van der Waals surface area contributed by atoms with Crippen LogP contribution in [-0.4, -0.2) is 9.55 Å². The van der Waals surface area contributed by atoms with Crippen LogP contribution in [0.25, 0.3) is 0 Å². The van der Waals surface area contributed by atoms with Gasteiger partial charge in [0.05, 0.1) is 12.0 Å². The van der Waals surface area contributed by atoms with Crippen molar-refractivity contribution in [3.63, 3.8) is 0 Å². The van der Waals surface area contributed by atoms with Crippen LogP contribution in [0, 0.1) is 0 Å². The SMILES string of the molecule is CC(C)n1cnc(CBr)c1. The predicted molar refractivity (Wildman–Crippen MR) is 45.2 cm³/mol. The van der Waals surface area contributed by atoms with Gasteiger partial charge in [-0.3, -0.25) is 0 Å². The molecule has 1 aromatic heterocycles. The summed E-state index contributed by atoms with van der Waals surface area (Å²) >= 11 is 3.34. The summed E-state index contributed by atoms with van der Waals surface area (Å²) in [5.41, 5.74) is 1.09. The van der Waals surface area contributed by atoms with E-state index in [0.717, 1.165) is 11.0 Å². The van der Waals surface area contributed by atoms with Gasteiger partial charge in [0.25, 0.3) is 0 Å². The minimum atomic E-state index is 0.514. The zero-order valence-electron chi connectivity index (χ0n) is 6.21. The van der Waals surface area contributed by atoms with Crippen LogP contribution in [0.4, 0.5) is 0 Å². The van der Waals surface area contributed by atoms with Crippen molar-refractivity contribution in [3.8, 4) is 0 Å². The lowest BCUT2D eigenvalue weighted by Gasteiger charge is -2.03. The van der Waals surface area contributed by atoms with Gasteiger partial charge in [-0.25, -0.2) is 4.98 Å². The first kappa shape index (κ1) is 7.79. The van der Waals surface area contributed by atoms with Crippen molar-refractivity contribution in [2.45, 2.75) is 25.2 Å². The molecule has 0 spiro atoms. The quantitative estimate of drug-likeness (QED) is 0.674. The molecule has 0 radical (unpaired) electrons. The summed E-state index contributed by atoms with van der Waals surface area (Å²) in [5.74, 6) is 0. The summed E-state index contributed by atoms with van der Waals surface area (Å²) in [5, 5.41) is 0.840. The molecule has 10 heavy (non-hydrogen) atoms. The van der Waals surface area contributed by atoms with E-state index in [4.69, 9.17) is 0 Å². The fourth-order valence-corrected chi connectivity index (χ4v) is 1.02. The Morgan fingerprint density at radius 3 is 2.70 bits per heavy atom. The molecule has 0 N–H and O–H groups in total. The normalized spacial score (nSPS) is 10.8. The van der Waals surface area contributed by atoms with Crippen molar-refractivity contribution in [3.05, 3.63) is 18.2 Å². The Kier molecular flexibility index (Phi) is 2.49. The average Bonchev–Trinajstić information content (AvgIpc) is 2.34. The minimum Gasteiger partial charge on any atom is -0.335 e. The highest BCUT2D eigenvalue weighted by molar-refractivity contribution is 9.08. The van der Waals surface area contributed by atoms with Crippen molar-refractivity contribution >= 4 is 15.9 Å². The van der Waals surface area contributed by atoms with Crippen LogP contribution >= 0.6 is 15.9 Å². The molecule has 0 aliphatic rings. The number of imidazole rings is 1. The molecule has 0 atom stereocenters. The molecule has 0 unspecified atom stereocenters. The van der Waals surface area contributed by atoms with E-state index >= 15 is 0 Å². The molecule has 0 bridgehead atoms. The summed E-state index contributed by atoms with van der Waals surface area (Å²) in [6, 6.07) is 0.514. The molecule has 0 aliphatic carbocycles. The molecule has 0 fully saturated rings. The van der Waals surface area contributed by atoms with Crippen LogP contribution in [0.5, 0.6) is 0 Å². The Balaban J connectivity index is 2.78. The van der Waals surface area contributed by atoms with Crippen molar-refractivity contribution in [1.82, 2.24) is 9.55 Å². The van der Waals surface area contributed by atoms with E-state index in [1.165, 1.54) is 0 Å². The largest absolute Gasteiger partial charge is 0.335 e. The zero-order valence-corrected chi connectivity index (χ0v) is 7.80. The first-order valence-corrected chi connectivity index (χ1v) is 4.44. The summed E-state index contributed by atoms with van der Waals surface area (Å²) in [6.45, 7) is 4.28. The number of aromatic nitrogens is 2. The second-order valence-electron chi connectivity index (χ2n) is 2.54. The highest BCUT2D eigenvalue weighted by Crippen LogP contribution is 2.07. The molecule has 0 saturated carbocycles. The van der Waals surface area contributed by atoms with Gasteiger partial charge < -0.3 is 4.57 Å². The molecule has 2 nitrogen and oxygen atoms in total. The van der Waals surface area contributed by atoms with Crippen LogP contribution < -0.4 is 0 Å². The zero-order chi connectivity index (χ0) is 7.56. The molecule has 0 aromatic carbocycles. The van der Waals surface area contributed by atoms with E-state index in [1.807, 2.05) is 6.33 Å². The smallest absolute Gasteiger partial charge is 0.0952 e. The lowest BCUT2D eigenvalue weighted by Crippen LogP contribution is -1.95. The number of hydrogen-bond donors (Lipinski definition) is 0. The Labute approximate surface area is 69.4 Å². The van der Waals surface area contributed by atoms with Crippen molar-refractivity contribution in [2.75, 3.05) is 0 Å². The lowest BCUT2D eigenvalue weighted by atomic mass is 10.4. The van der Waals surface area contributed by atoms with Crippen LogP contribution in [0.2, 0.25) is 0 Å². The summed E-state index contributed by atoms with van der Waals surface area (Å²) < 4.78 is 2.09. The molecule has 0 amide bonds. The highest BCUT2D eigenvalue weighted by Gasteiger charge is 1.98. The third-order valence-corrected chi connectivity index (χ3v) is 1.96. The maximum absolute atomic E-state index is 4.17. The second-order valence-corrected chi connectivity index (χ2v) is 3.10. The fraction of sp³-hybridized carbons (Fsp3) is 0.571. The third kappa shape index (κ3) is 1.59. The average molecular weight is 203 g/mol. The third-order valence-electron chi connectivity index (χ3n) is 1.39. The van der Waals surface area contributed by atoms with Crippen LogP contribution in [0.3, 0.4) is 0 Å². The lowest BCUT2D eigenvalue weighted by molar-refractivity contribution is 0.599. The van der Waals surface area contributed by atoms with E-state index in [0.29, 0.717) is 6.04 Å². The number of rotatable bonds is 2. The van der Waals surface area contributed by atoms with Gasteiger partial charge in [0, 0.05) is 17.6 Å². The fourth-order valence-electron chi connectivity index (χ4n) is 0.731. The molecule has 0 aliphatic heterocycles. The van der Waals surface area contributed by atoms with Crippen LogP contribution in [0.1, 0.15) is 25.6 Å². The van der Waals surface area contributed by atoms with Crippen LogP contribution in [0.15, 0.2) is 12.5 Å². The minimum absolute atomic E-state index is 0.514. The monoisotopic (exact) mass is 202 g/mol. The molecule has 1 rings (SSSR count). The molecular weight excluding hydrogens is 192 g/mol. The summed E-state index contributed by atoms with van der Waals surface area (Å²) in [4.78, 5) is 4.17. The molecule has 3 heteroatoms. The van der Waals surface area contributed by atoms with Crippen LogP contribution in [-0.2, 0) is 5.33 Å². The van der Waals surface area contributed by atoms with Crippen molar-refractivity contribution in [1.29, 1.82) is 0 Å². The van der Waals surface area contributed by atoms with E-state index in [-0.39, 0.29) is 0 Å². The topological polar surface area (TPSA) is 17.8 Å². The Morgan fingerprint density at radius 2 is 2.40 bits per heavy atom. The number of hydrogen-bond acceptors (Lipinski definition) is 1. The Bertz CT molecular complexity index is 205. The summed E-state index contributed by atoms with van der Waals surface area (Å²) in [6.07, 6.45) is 3.92. The highest BCUT2D eigenvalue weighted by atomic mass is 79.9. The maximum atomic E-state index is 4.17. The molecule has 1 aromatic rings. The van der Waals surface area contributed by atoms with Gasteiger partial charge in [-0.1, -0.05) is 15.9 Å². The van der Waals surface area contributed by atoms with Crippen molar-refractivity contribution in [2.24, 2.45) is 0 Å². The van der Waals surface area contributed by atoms with E-state index in [1.54, 1.807) is 0 Å². The first-order valence-electron chi connectivity index (χ1n) is 3.32.